The molecule has 0 saturated carbocycles. The second-order valence-corrected chi connectivity index (χ2v) is 6.87. The van der Waals surface area contributed by atoms with Crippen molar-refractivity contribution in [2.24, 2.45) is 0 Å². The third-order valence-electron chi connectivity index (χ3n) is 5.12. The molecule has 0 aliphatic carbocycles. The van der Waals surface area contributed by atoms with Gasteiger partial charge in [0.25, 0.3) is 5.91 Å². The van der Waals surface area contributed by atoms with E-state index < -0.39 is 12.1 Å². The normalized spacial score (nSPS) is 19.7. The first kappa shape index (κ1) is 16.6. The smallest absolute Gasteiger partial charge is 0.339 e. The van der Waals surface area contributed by atoms with Crippen LogP contribution in [-0.2, 0) is 9.53 Å². The third kappa shape index (κ3) is 3.05. The molecule has 1 fully saturated rings. The molecule has 134 valence electrons. The van der Waals surface area contributed by atoms with E-state index in [1.165, 1.54) is 11.3 Å². The first-order chi connectivity index (χ1) is 12.6. The third-order valence-corrected chi connectivity index (χ3v) is 5.12. The lowest BCUT2D eigenvalue weighted by molar-refractivity contribution is -0.140. The highest BCUT2D eigenvalue weighted by Crippen LogP contribution is 2.32. The minimum absolute atomic E-state index is 0.117. The molecule has 2 aromatic rings. The molecule has 2 aliphatic rings. The number of nitrogens with zero attached hydrogens (tertiary/aromatic N) is 2. The molecule has 0 aromatic heterocycles. The Hall–Kier alpha value is -2.82. The minimum Gasteiger partial charge on any atom is -0.444 e. The van der Waals surface area contributed by atoms with Crippen molar-refractivity contribution in [3.8, 4) is 0 Å². The van der Waals surface area contributed by atoms with Crippen LogP contribution in [0.3, 0.4) is 0 Å². The van der Waals surface area contributed by atoms with Crippen molar-refractivity contribution >= 4 is 17.6 Å². The van der Waals surface area contributed by atoms with Crippen LogP contribution in [0.4, 0.5) is 5.69 Å². The molecule has 1 saturated heterocycles. The number of rotatable bonds is 2. The van der Waals surface area contributed by atoms with E-state index in [0.717, 1.165) is 19.5 Å². The summed E-state index contributed by atoms with van der Waals surface area (Å²) in [5, 5.41) is 0. The van der Waals surface area contributed by atoms with Crippen molar-refractivity contribution in [2.45, 2.75) is 19.4 Å². The maximum absolute atomic E-state index is 13.0. The Kier molecular flexibility index (Phi) is 4.37. The van der Waals surface area contributed by atoms with E-state index in [9.17, 15) is 9.59 Å². The van der Waals surface area contributed by atoms with Gasteiger partial charge in [0.2, 0.25) is 6.10 Å². The number of carbonyl (C=O) groups is 2. The van der Waals surface area contributed by atoms with E-state index in [2.05, 4.69) is 36.1 Å². The van der Waals surface area contributed by atoms with Gasteiger partial charge in [0.1, 0.15) is 0 Å². The van der Waals surface area contributed by atoms with Crippen molar-refractivity contribution in [2.75, 3.05) is 31.1 Å². The molecule has 4 rings (SSSR count). The van der Waals surface area contributed by atoms with Crippen LogP contribution in [0.15, 0.2) is 48.5 Å². The predicted molar refractivity (Wildman–Crippen MR) is 99.2 cm³/mol. The van der Waals surface area contributed by atoms with Crippen LogP contribution in [0.1, 0.15) is 34.0 Å². The van der Waals surface area contributed by atoms with Crippen molar-refractivity contribution < 1.29 is 14.3 Å². The van der Waals surface area contributed by atoms with Gasteiger partial charge in [-0.05, 0) is 31.5 Å². The maximum atomic E-state index is 13.0. The lowest BCUT2D eigenvalue weighted by Gasteiger charge is -2.25. The molecular weight excluding hydrogens is 328 g/mol. The fourth-order valence-corrected chi connectivity index (χ4v) is 3.65. The van der Waals surface area contributed by atoms with Gasteiger partial charge in [-0.3, -0.25) is 4.79 Å². The molecular formula is C21H22N2O3. The van der Waals surface area contributed by atoms with E-state index in [1.807, 2.05) is 11.0 Å². The Morgan fingerprint density at radius 1 is 1.00 bits per heavy atom. The molecule has 5 nitrogen and oxygen atoms in total. The van der Waals surface area contributed by atoms with Crippen LogP contribution < -0.4 is 4.90 Å². The fraction of sp³-hybridized carbons (Fsp3) is 0.333. The van der Waals surface area contributed by atoms with E-state index in [0.29, 0.717) is 24.2 Å². The number of fused-ring (bicyclic) bond motifs is 1. The summed E-state index contributed by atoms with van der Waals surface area (Å²) in [5.74, 6) is -0.524. The van der Waals surface area contributed by atoms with Gasteiger partial charge >= 0.3 is 5.97 Å². The number of carbonyl (C=O) groups excluding carboxylic acids is 2. The van der Waals surface area contributed by atoms with Crippen molar-refractivity contribution in [1.29, 1.82) is 0 Å². The lowest BCUT2D eigenvalue weighted by atomic mass is 10.0. The van der Waals surface area contributed by atoms with Gasteiger partial charge in [-0.25, -0.2) is 4.79 Å². The van der Waals surface area contributed by atoms with Gasteiger partial charge in [-0.2, -0.15) is 0 Å². The molecule has 0 bridgehead atoms. The first-order valence-corrected chi connectivity index (χ1v) is 9.04. The summed E-state index contributed by atoms with van der Waals surface area (Å²) in [4.78, 5) is 29.1. The second-order valence-electron chi connectivity index (χ2n) is 6.87. The molecule has 1 unspecified atom stereocenters. The largest absolute Gasteiger partial charge is 0.444 e. The van der Waals surface area contributed by atoms with Gasteiger partial charge in [0, 0.05) is 37.4 Å². The van der Waals surface area contributed by atoms with E-state index >= 15 is 0 Å². The van der Waals surface area contributed by atoms with Crippen LogP contribution in [0.5, 0.6) is 0 Å². The summed E-state index contributed by atoms with van der Waals surface area (Å²) in [6, 6.07) is 15.6. The molecule has 0 N–H and O–H groups in total. The molecule has 2 aliphatic heterocycles. The second kappa shape index (κ2) is 6.83. The van der Waals surface area contributed by atoms with E-state index in [-0.39, 0.29) is 5.91 Å². The Morgan fingerprint density at radius 2 is 1.77 bits per heavy atom. The van der Waals surface area contributed by atoms with Gasteiger partial charge < -0.3 is 14.5 Å². The van der Waals surface area contributed by atoms with Crippen molar-refractivity contribution in [1.82, 2.24) is 4.90 Å². The van der Waals surface area contributed by atoms with Crippen LogP contribution in [0, 0.1) is 6.92 Å². The number of cyclic esters (lactones) is 1. The van der Waals surface area contributed by atoms with Crippen LogP contribution in [0.2, 0.25) is 0 Å². The van der Waals surface area contributed by atoms with Gasteiger partial charge in [0.05, 0.1) is 5.56 Å². The summed E-state index contributed by atoms with van der Waals surface area (Å²) in [5.41, 5.74) is 3.61. The number of ether oxygens (including phenoxy) is 1. The summed E-state index contributed by atoms with van der Waals surface area (Å²) >= 11 is 0. The summed E-state index contributed by atoms with van der Waals surface area (Å²) in [6.07, 6.45) is 0.0895. The average molecular weight is 350 g/mol. The molecule has 5 heteroatoms. The van der Waals surface area contributed by atoms with Crippen LogP contribution in [0.25, 0.3) is 0 Å². The Bertz CT molecular complexity index is 831. The number of benzene rings is 2. The summed E-state index contributed by atoms with van der Waals surface area (Å²) in [6.45, 7) is 5.07. The highest BCUT2D eigenvalue weighted by Gasteiger charge is 2.38. The van der Waals surface area contributed by atoms with Crippen LogP contribution >= 0.6 is 0 Å². The molecule has 2 heterocycles. The Labute approximate surface area is 153 Å². The van der Waals surface area contributed by atoms with E-state index in [4.69, 9.17) is 4.74 Å². The van der Waals surface area contributed by atoms with E-state index in [1.54, 1.807) is 18.2 Å². The fourth-order valence-electron chi connectivity index (χ4n) is 3.65. The molecule has 0 radical (unpaired) electrons. The SMILES string of the molecule is Cc1ccc(N2CCCN(C(=O)C3OC(=O)c4ccccc43)CC2)cc1. The van der Waals surface area contributed by atoms with Gasteiger partial charge in [-0.15, -0.1) is 0 Å². The Balaban J connectivity index is 1.47. The molecule has 1 atom stereocenters. The number of esters is 1. The summed E-state index contributed by atoms with van der Waals surface area (Å²) in [7, 11) is 0. The zero-order chi connectivity index (χ0) is 18.1. The number of hydrogen-bond donors (Lipinski definition) is 0. The molecule has 0 spiro atoms. The molecule has 2 aromatic carbocycles. The number of anilines is 1. The quantitative estimate of drug-likeness (QED) is 0.782. The maximum Gasteiger partial charge on any atom is 0.339 e. The zero-order valence-electron chi connectivity index (χ0n) is 14.9. The van der Waals surface area contributed by atoms with Crippen molar-refractivity contribution in [3.05, 3.63) is 65.2 Å². The first-order valence-electron chi connectivity index (χ1n) is 9.04. The molecule has 26 heavy (non-hydrogen) atoms. The number of amides is 1. The van der Waals surface area contributed by atoms with Gasteiger partial charge in [-0.1, -0.05) is 35.9 Å². The monoisotopic (exact) mass is 350 g/mol. The minimum atomic E-state index is -0.801. The predicted octanol–water partition coefficient (Wildman–Crippen LogP) is 2.95. The van der Waals surface area contributed by atoms with Gasteiger partial charge in [0.15, 0.2) is 0 Å². The Morgan fingerprint density at radius 3 is 2.58 bits per heavy atom. The lowest BCUT2D eigenvalue weighted by Crippen LogP contribution is -2.38. The topological polar surface area (TPSA) is 49.9 Å². The average Bonchev–Trinajstić information content (AvgIpc) is 2.84. The summed E-state index contributed by atoms with van der Waals surface area (Å²) < 4.78 is 5.37. The van der Waals surface area contributed by atoms with Crippen molar-refractivity contribution in [3.63, 3.8) is 0 Å². The number of aryl methyl sites for hydroxylation is 1. The molecule has 1 amide bonds. The highest BCUT2D eigenvalue weighted by atomic mass is 16.6. The zero-order valence-corrected chi connectivity index (χ0v) is 14.9. The highest BCUT2D eigenvalue weighted by molar-refractivity contribution is 5.99. The van der Waals surface area contributed by atoms with Crippen LogP contribution in [-0.4, -0.2) is 43.0 Å². The standard InChI is InChI=1S/C21H22N2O3/c1-15-7-9-16(10-8-15)22-11-4-12-23(14-13-22)20(24)19-17-5-2-3-6-18(17)21(25)26-19/h2-3,5-10,19H,4,11-14H2,1H3. The number of hydrogen-bond acceptors (Lipinski definition) is 4.